The molecular formula is C24H31FN2O2. The largest absolute Gasteiger partial charge is 0.373 e. The average molecular weight is 399 g/mol. The molecule has 1 amide bonds. The van der Waals surface area contributed by atoms with Crippen molar-refractivity contribution in [3.05, 3.63) is 71.0 Å². The third kappa shape index (κ3) is 5.64. The molecule has 29 heavy (non-hydrogen) atoms. The van der Waals surface area contributed by atoms with Crippen LogP contribution in [-0.4, -0.2) is 41.9 Å². The minimum atomic E-state index is -0.138. The molecule has 0 spiro atoms. The molecule has 0 unspecified atom stereocenters. The monoisotopic (exact) mass is 398 g/mol. The van der Waals surface area contributed by atoms with E-state index in [-0.39, 0.29) is 17.8 Å². The first-order valence-corrected chi connectivity index (χ1v) is 10.4. The highest BCUT2D eigenvalue weighted by Gasteiger charge is 2.28. The lowest BCUT2D eigenvalue weighted by Gasteiger charge is -2.37. The molecule has 1 aliphatic rings. The van der Waals surface area contributed by atoms with Crippen molar-refractivity contribution in [1.29, 1.82) is 0 Å². The van der Waals surface area contributed by atoms with E-state index in [2.05, 4.69) is 36.1 Å². The van der Waals surface area contributed by atoms with Gasteiger partial charge in [-0.05, 0) is 36.6 Å². The van der Waals surface area contributed by atoms with Crippen LogP contribution in [0.3, 0.4) is 0 Å². The van der Waals surface area contributed by atoms with Crippen LogP contribution in [0.1, 0.15) is 49.5 Å². The highest BCUT2D eigenvalue weighted by atomic mass is 19.1. The molecule has 1 aliphatic heterocycles. The number of benzene rings is 2. The van der Waals surface area contributed by atoms with E-state index >= 15 is 0 Å². The molecule has 0 aromatic heterocycles. The Labute approximate surface area is 173 Å². The van der Waals surface area contributed by atoms with Crippen LogP contribution in [0.5, 0.6) is 0 Å². The molecule has 0 N–H and O–H groups in total. The van der Waals surface area contributed by atoms with E-state index in [9.17, 15) is 9.18 Å². The van der Waals surface area contributed by atoms with Crippen molar-refractivity contribution in [3.63, 3.8) is 0 Å². The lowest BCUT2D eigenvalue weighted by atomic mass is 9.95. The molecule has 0 aliphatic carbocycles. The van der Waals surface area contributed by atoms with Crippen molar-refractivity contribution >= 4 is 5.91 Å². The first-order valence-electron chi connectivity index (χ1n) is 10.4. The first-order chi connectivity index (χ1) is 14.0. The minimum Gasteiger partial charge on any atom is -0.373 e. The molecule has 5 heteroatoms. The normalized spacial score (nSPS) is 19.3. The summed E-state index contributed by atoms with van der Waals surface area (Å²) in [5.74, 6) is -0.0808. The van der Waals surface area contributed by atoms with Crippen LogP contribution in [-0.2, 0) is 22.6 Å². The molecule has 0 radical (unpaired) electrons. The van der Waals surface area contributed by atoms with E-state index in [0.29, 0.717) is 25.7 Å². The van der Waals surface area contributed by atoms with Crippen molar-refractivity contribution in [2.75, 3.05) is 20.2 Å². The molecule has 1 heterocycles. The maximum atomic E-state index is 14.1. The SMILES string of the molecule is CCN(Cc1ccccc1F)[C@@H]1CCO[C@H](c2ccc(CN(C)C(C)=O)cc2)C1. The van der Waals surface area contributed by atoms with E-state index in [1.807, 2.05) is 12.1 Å². The number of carbonyl (C=O) groups excluding carboxylic acids is 1. The van der Waals surface area contributed by atoms with Crippen LogP contribution in [0.2, 0.25) is 0 Å². The summed E-state index contributed by atoms with van der Waals surface area (Å²) in [6.45, 7) is 6.52. The lowest BCUT2D eigenvalue weighted by Crippen LogP contribution is -2.40. The zero-order valence-corrected chi connectivity index (χ0v) is 17.6. The molecule has 0 saturated carbocycles. The van der Waals surface area contributed by atoms with Crippen molar-refractivity contribution in [2.24, 2.45) is 0 Å². The van der Waals surface area contributed by atoms with Gasteiger partial charge in [0.05, 0.1) is 6.10 Å². The number of ether oxygens (including phenoxy) is 1. The first kappa shape index (κ1) is 21.5. The fourth-order valence-corrected chi connectivity index (χ4v) is 3.91. The molecule has 1 saturated heterocycles. The molecule has 2 atom stereocenters. The minimum absolute atomic E-state index is 0.0445. The summed E-state index contributed by atoms with van der Waals surface area (Å²) >= 11 is 0. The predicted molar refractivity (Wildman–Crippen MR) is 113 cm³/mol. The Morgan fingerprint density at radius 3 is 2.52 bits per heavy atom. The fraction of sp³-hybridized carbons (Fsp3) is 0.458. The van der Waals surface area contributed by atoms with Gasteiger partial charge >= 0.3 is 0 Å². The van der Waals surface area contributed by atoms with Gasteiger partial charge in [-0.1, -0.05) is 49.4 Å². The Kier molecular flexibility index (Phi) is 7.40. The van der Waals surface area contributed by atoms with E-state index < -0.39 is 0 Å². The van der Waals surface area contributed by atoms with Crippen molar-refractivity contribution in [3.8, 4) is 0 Å². The second-order valence-electron chi connectivity index (χ2n) is 7.81. The van der Waals surface area contributed by atoms with Crippen LogP contribution >= 0.6 is 0 Å². The standard InChI is InChI=1S/C24H31FN2O2/c1-4-27(17-21-7-5-6-8-23(21)25)22-13-14-29-24(15-22)20-11-9-19(10-12-20)16-26(3)18(2)28/h5-12,22,24H,4,13-17H2,1-3H3/t22-,24+/m1/s1. The Balaban J connectivity index is 1.65. The van der Waals surface area contributed by atoms with E-state index in [4.69, 9.17) is 4.74 Å². The van der Waals surface area contributed by atoms with Gasteiger partial charge in [0.1, 0.15) is 5.82 Å². The quantitative estimate of drug-likeness (QED) is 0.686. The molecule has 1 fully saturated rings. The van der Waals surface area contributed by atoms with Gasteiger partial charge in [-0.15, -0.1) is 0 Å². The van der Waals surface area contributed by atoms with Gasteiger partial charge in [-0.2, -0.15) is 0 Å². The molecule has 3 rings (SSSR count). The second kappa shape index (κ2) is 9.99. The number of hydrogen-bond acceptors (Lipinski definition) is 3. The van der Waals surface area contributed by atoms with Gasteiger partial charge < -0.3 is 9.64 Å². The summed E-state index contributed by atoms with van der Waals surface area (Å²) in [5.41, 5.74) is 3.01. The fourth-order valence-electron chi connectivity index (χ4n) is 3.91. The Hall–Kier alpha value is -2.24. The van der Waals surface area contributed by atoms with Crippen LogP contribution in [0.15, 0.2) is 48.5 Å². The smallest absolute Gasteiger partial charge is 0.219 e. The third-order valence-electron chi connectivity index (χ3n) is 5.82. The number of halogens is 1. The third-order valence-corrected chi connectivity index (χ3v) is 5.82. The van der Waals surface area contributed by atoms with Gasteiger partial charge in [0.25, 0.3) is 0 Å². The summed E-state index contributed by atoms with van der Waals surface area (Å²) in [6, 6.07) is 15.7. The van der Waals surface area contributed by atoms with Crippen LogP contribution in [0, 0.1) is 5.82 Å². The second-order valence-corrected chi connectivity index (χ2v) is 7.81. The van der Waals surface area contributed by atoms with Crippen LogP contribution in [0.4, 0.5) is 4.39 Å². The summed E-state index contributed by atoms with van der Waals surface area (Å²) in [5, 5.41) is 0. The van der Waals surface area contributed by atoms with Gasteiger partial charge in [0.15, 0.2) is 0 Å². The maximum Gasteiger partial charge on any atom is 0.219 e. The van der Waals surface area contributed by atoms with Crippen LogP contribution in [0.25, 0.3) is 0 Å². The molecule has 4 nitrogen and oxygen atoms in total. The molecule has 2 aromatic rings. The number of rotatable bonds is 7. The van der Waals surface area contributed by atoms with Gasteiger partial charge in [-0.25, -0.2) is 4.39 Å². The Bertz CT molecular complexity index is 809. The summed E-state index contributed by atoms with van der Waals surface area (Å²) in [4.78, 5) is 15.5. The molecule has 156 valence electrons. The topological polar surface area (TPSA) is 32.8 Å². The maximum absolute atomic E-state index is 14.1. The predicted octanol–water partition coefficient (Wildman–Crippen LogP) is 4.55. The summed E-state index contributed by atoms with van der Waals surface area (Å²) < 4.78 is 20.2. The van der Waals surface area contributed by atoms with Crippen molar-refractivity contribution in [2.45, 2.75) is 51.9 Å². The lowest BCUT2D eigenvalue weighted by molar-refractivity contribution is -0.128. The Morgan fingerprint density at radius 1 is 1.14 bits per heavy atom. The van der Waals surface area contributed by atoms with E-state index in [1.54, 1.807) is 24.9 Å². The van der Waals surface area contributed by atoms with Gasteiger partial charge in [0.2, 0.25) is 5.91 Å². The van der Waals surface area contributed by atoms with Crippen molar-refractivity contribution < 1.29 is 13.9 Å². The number of amides is 1. The van der Waals surface area contributed by atoms with Crippen LogP contribution < -0.4 is 0 Å². The van der Waals surface area contributed by atoms with E-state index in [1.165, 1.54) is 6.07 Å². The van der Waals surface area contributed by atoms with Gasteiger partial charge in [0, 0.05) is 45.3 Å². The molecule has 2 aromatic carbocycles. The molecular weight excluding hydrogens is 367 g/mol. The zero-order valence-electron chi connectivity index (χ0n) is 17.6. The molecule has 0 bridgehead atoms. The van der Waals surface area contributed by atoms with Gasteiger partial charge in [-0.3, -0.25) is 9.69 Å². The summed E-state index contributed by atoms with van der Waals surface area (Å²) in [6.07, 6.45) is 1.90. The Morgan fingerprint density at radius 2 is 1.86 bits per heavy atom. The average Bonchev–Trinajstić information content (AvgIpc) is 2.73. The summed E-state index contributed by atoms with van der Waals surface area (Å²) in [7, 11) is 1.81. The number of hydrogen-bond donors (Lipinski definition) is 0. The highest BCUT2D eigenvalue weighted by molar-refractivity contribution is 5.72. The number of nitrogens with zero attached hydrogens (tertiary/aromatic N) is 2. The van der Waals surface area contributed by atoms with E-state index in [0.717, 1.165) is 36.1 Å². The number of carbonyl (C=O) groups is 1. The highest BCUT2D eigenvalue weighted by Crippen LogP contribution is 2.31. The zero-order chi connectivity index (χ0) is 20.8. The van der Waals surface area contributed by atoms with Crippen molar-refractivity contribution in [1.82, 2.24) is 9.80 Å².